The van der Waals surface area contributed by atoms with E-state index in [0.717, 1.165) is 37.6 Å². The van der Waals surface area contributed by atoms with Gasteiger partial charge in [0.1, 0.15) is 35.6 Å². The summed E-state index contributed by atoms with van der Waals surface area (Å²) in [5.74, 6) is -0.902. The number of hydrogen-bond donors (Lipinski definition) is 1. The Hall–Kier alpha value is -4.21. The molecule has 0 aliphatic carbocycles. The van der Waals surface area contributed by atoms with E-state index in [9.17, 15) is 18.3 Å². The Balaban J connectivity index is 1.39. The Morgan fingerprint density at radius 3 is 2.80 bits per heavy atom. The van der Waals surface area contributed by atoms with Gasteiger partial charge in [0.25, 0.3) is 0 Å². The number of nitrogens with zero attached hydrogens (tertiary/aromatic N) is 5. The standard InChI is InChI=1S/C32H29F4N5O3/c1-2-19-23(34)6-5-20-25(19)21(13-24(42)26(20)35)28-27(36)29-22(15-37-28)30(40-8-4-11-43-12-10-40)39-31(38-29)44-17-32-7-3-9-41(32)16-18(33)14-32/h1,5-6,13,15,18,42H,3-4,7-12,14,16-17H2/t18-,32+/m1/s1. The molecule has 2 aromatic carbocycles. The van der Waals surface area contributed by atoms with E-state index in [-0.39, 0.29) is 45.7 Å². The number of fused-ring (bicyclic) bond motifs is 3. The lowest BCUT2D eigenvalue weighted by Crippen LogP contribution is -2.43. The number of phenols is 1. The number of benzene rings is 2. The number of halogens is 4. The van der Waals surface area contributed by atoms with Gasteiger partial charge in [-0.1, -0.05) is 5.92 Å². The van der Waals surface area contributed by atoms with Crippen LogP contribution in [0, 0.1) is 29.8 Å². The topological polar surface area (TPSA) is 83.8 Å². The molecule has 0 saturated carbocycles. The summed E-state index contributed by atoms with van der Waals surface area (Å²) >= 11 is 0. The van der Waals surface area contributed by atoms with Crippen LogP contribution in [0.2, 0.25) is 0 Å². The first-order valence-corrected chi connectivity index (χ1v) is 14.6. The summed E-state index contributed by atoms with van der Waals surface area (Å²) in [5, 5.41) is 10.4. The minimum Gasteiger partial charge on any atom is -0.505 e. The van der Waals surface area contributed by atoms with E-state index in [1.807, 2.05) is 4.90 Å². The first kappa shape index (κ1) is 28.6. The molecule has 3 aliphatic rings. The molecular formula is C32H29F4N5O3. The second kappa shape index (κ2) is 11.1. The quantitative estimate of drug-likeness (QED) is 0.247. The van der Waals surface area contributed by atoms with Crippen LogP contribution in [-0.4, -0.2) is 82.7 Å². The van der Waals surface area contributed by atoms with Crippen molar-refractivity contribution < 1.29 is 32.1 Å². The maximum Gasteiger partial charge on any atom is 0.319 e. The van der Waals surface area contributed by atoms with Gasteiger partial charge in [-0.05, 0) is 44.0 Å². The maximum absolute atomic E-state index is 16.6. The van der Waals surface area contributed by atoms with Gasteiger partial charge in [0.2, 0.25) is 0 Å². The molecule has 2 atom stereocenters. The largest absolute Gasteiger partial charge is 0.505 e. The molecule has 4 aromatic rings. The summed E-state index contributed by atoms with van der Waals surface area (Å²) in [6.07, 6.45) is 8.77. The zero-order valence-corrected chi connectivity index (χ0v) is 23.8. The van der Waals surface area contributed by atoms with E-state index in [1.165, 1.54) is 6.20 Å². The number of ether oxygens (including phenoxy) is 2. The molecule has 0 spiro atoms. The first-order valence-electron chi connectivity index (χ1n) is 14.6. The Morgan fingerprint density at radius 1 is 1.09 bits per heavy atom. The lowest BCUT2D eigenvalue weighted by molar-refractivity contribution is 0.107. The van der Waals surface area contributed by atoms with Crippen LogP contribution in [0.25, 0.3) is 32.9 Å². The average molecular weight is 608 g/mol. The fourth-order valence-corrected chi connectivity index (χ4v) is 6.90. The minimum absolute atomic E-state index is 0.0839. The third-order valence-electron chi connectivity index (χ3n) is 8.96. The van der Waals surface area contributed by atoms with Crippen LogP contribution in [0.15, 0.2) is 24.4 Å². The predicted molar refractivity (Wildman–Crippen MR) is 156 cm³/mol. The van der Waals surface area contributed by atoms with Crippen molar-refractivity contribution in [1.82, 2.24) is 19.9 Å². The van der Waals surface area contributed by atoms with Crippen molar-refractivity contribution >= 4 is 27.5 Å². The number of terminal acetylenes is 1. The normalized spacial score (nSPS) is 22.3. The Morgan fingerprint density at radius 2 is 1.95 bits per heavy atom. The molecule has 2 aromatic heterocycles. The van der Waals surface area contributed by atoms with Crippen LogP contribution in [0.4, 0.5) is 23.4 Å². The highest BCUT2D eigenvalue weighted by atomic mass is 19.1. The summed E-state index contributed by atoms with van der Waals surface area (Å²) < 4.78 is 72.5. The fraction of sp³-hybridized carbons (Fsp3) is 0.406. The third-order valence-corrected chi connectivity index (χ3v) is 8.96. The van der Waals surface area contributed by atoms with Gasteiger partial charge in [0.15, 0.2) is 17.4 Å². The van der Waals surface area contributed by atoms with E-state index in [4.69, 9.17) is 15.9 Å². The third kappa shape index (κ3) is 4.66. The molecule has 5 heterocycles. The first-order chi connectivity index (χ1) is 21.3. The van der Waals surface area contributed by atoms with E-state index in [2.05, 4.69) is 25.8 Å². The van der Waals surface area contributed by atoms with Gasteiger partial charge in [-0.25, -0.2) is 17.6 Å². The molecule has 0 amide bonds. The second-order valence-electron chi connectivity index (χ2n) is 11.6. The molecule has 0 unspecified atom stereocenters. The number of phenolic OH excluding ortho intramolecular Hbond substituents is 1. The molecular weight excluding hydrogens is 578 g/mol. The Labute approximate surface area is 250 Å². The summed E-state index contributed by atoms with van der Waals surface area (Å²) in [4.78, 5) is 17.5. The van der Waals surface area contributed by atoms with Crippen LogP contribution in [0.1, 0.15) is 31.2 Å². The van der Waals surface area contributed by atoms with Crippen molar-refractivity contribution in [2.75, 3.05) is 50.9 Å². The summed E-state index contributed by atoms with van der Waals surface area (Å²) in [7, 11) is 0. The number of rotatable bonds is 5. The zero-order valence-electron chi connectivity index (χ0n) is 23.8. The van der Waals surface area contributed by atoms with Crippen LogP contribution in [-0.2, 0) is 4.74 Å². The van der Waals surface area contributed by atoms with Gasteiger partial charge in [-0.2, -0.15) is 9.97 Å². The Kier molecular flexibility index (Phi) is 7.17. The molecule has 3 aliphatic heterocycles. The molecule has 0 bridgehead atoms. The summed E-state index contributed by atoms with van der Waals surface area (Å²) in [5.41, 5.74) is -1.32. The highest BCUT2D eigenvalue weighted by Crippen LogP contribution is 2.42. The molecule has 3 saturated heterocycles. The van der Waals surface area contributed by atoms with E-state index >= 15 is 4.39 Å². The Bertz CT molecular complexity index is 1820. The average Bonchev–Trinajstić information content (AvgIpc) is 3.39. The van der Waals surface area contributed by atoms with E-state index in [0.29, 0.717) is 56.9 Å². The smallest absolute Gasteiger partial charge is 0.319 e. The molecule has 228 valence electrons. The zero-order chi connectivity index (χ0) is 30.6. The number of aromatic hydroxyl groups is 1. The molecule has 44 heavy (non-hydrogen) atoms. The van der Waals surface area contributed by atoms with Gasteiger partial charge in [-0.15, -0.1) is 6.42 Å². The van der Waals surface area contributed by atoms with Crippen molar-refractivity contribution in [3.8, 4) is 35.4 Å². The van der Waals surface area contributed by atoms with Gasteiger partial charge in [-0.3, -0.25) is 9.88 Å². The van der Waals surface area contributed by atoms with Gasteiger partial charge in [0.05, 0.1) is 23.1 Å². The van der Waals surface area contributed by atoms with Crippen LogP contribution in [0.5, 0.6) is 11.8 Å². The number of pyridine rings is 1. The molecule has 7 rings (SSSR count). The highest BCUT2D eigenvalue weighted by molar-refractivity contribution is 6.03. The summed E-state index contributed by atoms with van der Waals surface area (Å²) in [6.45, 7) is 3.34. The van der Waals surface area contributed by atoms with Crippen LogP contribution < -0.4 is 9.64 Å². The van der Waals surface area contributed by atoms with Gasteiger partial charge < -0.3 is 19.5 Å². The van der Waals surface area contributed by atoms with Crippen molar-refractivity contribution in [1.29, 1.82) is 0 Å². The number of anilines is 1. The van der Waals surface area contributed by atoms with Crippen molar-refractivity contribution in [3.63, 3.8) is 0 Å². The van der Waals surface area contributed by atoms with Crippen LogP contribution in [0.3, 0.4) is 0 Å². The SMILES string of the molecule is C#Cc1c(F)ccc2c(F)c(O)cc(-c3ncc4c(N5CCCOCC5)nc(OC[C@@]56CCCN5C[C@H](F)C6)nc4c3F)c12. The molecule has 8 nitrogen and oxygen atoms in total. The molecule has 12 heteroatoms. The predicted octanol–water partition coefficient (Wildman–Crippen LogP) is 5.13. The van der Waals surface area contributed by atoms with E-state index < -0.39 is 34.9 Å². The lowest BCUT2D eigenvalue weighted by atomic mass is 9.95. The van der Waals surface area contributed by atoms with Gasteiger partial charge >= 0.3 is 6.01 Å². The second-order valence-corrected chi connectivity index (χ2v) is 11.6. The minimum atomic E-state index is -1.02. The number of alkyl halides is 1. The molecule has 0 radical (unpaired) electrons. The van der Waals surface area contributed by atoms with E-state index in [1.54, 1.807) is 0 Å². The number of hydrogen-bond acceptors (Lipinski definition) is 8. The van der Waals surface area contributed by atoms with Gasteiger partial charge in [0, 0.05) is 55.2 Å². The fourth-order valence-electron chi connectivity index (χ4n) is 6.90. The number of aromatic nitrogens is 3. The molecule has 3 fully saturated rings. The monoisotopic (exact) mass is 607 g/mol. The maximum atomic E-state index is 16.6. The van der Waals surface area contributed by atoms with Crippen molar-refractivity contribution in [2.45, 2.75) is 37.4 Å². The van der Waals surface area contributed by atoms with Crippen molar-refractivity contribution in [2.24, 2.45) is 0 Å². The summed E-state index contributed by atoms with van der Waals surface area (Å²) in [6, 6.07) is 3.01. The lowest BCUT2D eigenvalue weighted by Gasteiger charge is -2.31. The van der Waals surface area contributed by atoms with Crippen molar-refractivity contribution in [3.05, 3.63) is 47.4 Å². The molecule has 1 N–H and O–H groups in total. The highest BCUT2D eigenvalue weighted by Gasteiger charge is 2.49. The van der Waals surface area contributed by atoms with Crippen LogP contribution >= 0.6 is 0 Å².